The Labute approximate surface area is 195 Å². The van der Waals surface area contributed by atoms with Gasteiger partial charge in [0.05, 0.1) is 0 Å². The van der Waals surface area contributed by atoms with Crippen LogP contribution in [0.2, 0.25) is 0 Å². The van der Waals surface area contributed by atoms with E-state index in [1.54, 1.807) is 0 Å². The monoisotopic (exact) mass is 525 g/mol. The van der Waals surface area contributed by atoms with E-state index >= 15 is 0 Å². The minimum atomic E-state index is -2.79. The molecule has 0 aliphatic heterocycles. The fourth-order valence-corrected chi connectivity index (χ4v) is 14.5. The molecule has 0 radical (unpaired) electrons. The van der Waals surface area contributed by atoms with Crippen LogP contribution in [-0.2, 0) is 5.21 Å². The number of benzene rings is 5. The number of halogens is 1. The van der Waals surface area contributed by atoms with Crippen LogP contribution in [0, 0.1) is 0 Å². The van der Waals surface area contributed by atoms with E-state index in [4.69, 9.17) is 0 Å². The quantitative estimate of drug-likeness (QED) is 0.252. The van der Waals surface area contributed by atoms with Gasteiger partial charge in [0.25, 0.3) is 0 Å². The van der Waals surface area contributed by atoms with E-state index in [1.165, 1.54) is 33.9 Å². The van der Waals surface area contributed by atoms with E-state index in [9.17, 15) is 0 Å². The van der Waals surface area contributed by atoms with Gasteiger partial charge < -0.3 is 0 Å². The van der Waals surface area contributed by atoms with E-state index in [-0.39, 0.29) is 0 Å². The van der Waals surface area contributed by atoms with Crippen molar-refractivity contribution in [3.8, 4) is 0 Å². The number of rotatable bonds is 5. The molecule has 0 unspecified atom stereocenters. The van der Waals surface area contributed by atoms with Crippen LogP contribution in [0.15, 0.2) is 132 Å². The van der Waals surface area contributed by atoms with Gasteiger partial charge in [0.15, 0.2) is 0 Å². The zero-order chi connectivity index (χ0) is 21.1. The third-order valence-electron chi connectivity index (χ3n) is 5.94. The van der Waals surface area contributed by atoms with Gasteiger partial charge in [-0.1, -0.05) is 0 Å². The van der Waals surface area contributed by atoms with Crippen molar-refractivity contribution in [2.24, 2.45) is 0 Å². The summed E-state index contributed by atoms with van der Waals surface area (Å²) < 4.78 is 5.63. The molecule has 5 aromatic rings. The van der Waals surface area contributed by atoms with Crippen LogP contribution in [0.1, 0.15) is 5.56 Å². The van der Waals surface area contributed by atoms with Crippen LogP contribution in [0.25, 0.3) is 10.8 Å². The van der Waals surface area contributed by atoms with Crippen LogP contribution in [0.3, 0.4) is 0 Å². The molecule has 0 saturated carbocycles. The SMILES string of the molecule is Brc1c(C[As+](c2ccccc2)(c2ccccc2)c2ccccc2)ccc2ccccc12. The summed E-state index contributed by atoms with van der Waals surface area (Å²) in [6, 6.07) is 46.7. The number of hydrogen-bond donors (Lipinski definition) is 0. The summed E-state index contributed by atoms with van der Waals surface area (Å²) in [7, 11) is 0. The topological polar surface area (TPSA) is 0 Å². The van der Waals surface area contributed by atoms with Crippen LogP contribution >= 0.6 is 15.9 Å². The predicted molar refractivity (Wildman–Crippen MR) is 139 cm³/mol. The molecule has 0 heterocycles. The summed E-state index contributed by atoms with van der Waals surface area (Å²) in [6.07, 6.45) is 0. The summed E-state index contributed by atoms with van der Waals surface area (Å²) in [5.74, 6) is 0. The molecule has 31 heavy (non-hydrogen) atoms. The first-order valence-corrected chi connectivity index (χ1v) is 15.4. The Morgan fingerprint density at radius 3 is 1.45 bits per heavy atom. The molecule has 0 atom stereocenters. The third-order valence-corrected chi connectivity index (χ3v) is 16.0. The normalized spacial score (nSPS) is 11.5. The van der Waals surface area contributed by atoms with E-state index in [2.05, 4.69) is 143 Å². The zero-order valence-electron chi connectivity index (χ0n) is 17.2. The molecule has 2 heteroatoms. The summed E-state index contributed by atoms with van der Waals surface area (Å²) in [6.45, 7) is 0. The Morgan fingerprint density at radius 2 is 0.935 bits per heavy atom. The van der Waals surface area contributed by atoms with E-state index in [0.29, 0.717) is 0 Å². The van der Waals surface area contributed by atoms with Gasteiger partial charge in [-0.15, -0.1) is 0 Å². The number of fused-ring (bicyclic) bond motifs is 1. The van der Waals surface area contributed by atoms with Gasteiger partial charge in [-0.25, -0.2) is 0 Å². The Morgan fingerprint density at radius 1 is 0.484 bits per heavy atom. The van der Waals surface area contributed by atoms with Crippen molar-refractivity contribution in [3.63, 3.8) is 0 Å². The second kappa shape index (κ2) is 8.87. The molecular formula is C29H23AsBr+. The minimum absolute atomic E-state index is 1.03. The number of hydrogen-bond acceptors (Lipinski definition) is 0. The van der Waals surface area contributed by atoms with Crippen molar-refractivity contribution in [3.05, 3.63) is 137 Å². The van der Waals surface area contributed by atoms with E-state index in [0.717, 1.165) is 5.21 Å². The second-order valence-corrected chi connectivity index (χ2v) is 15.8. The van der Waals surface area contributed by atoms with E-state index in [1.807, 2.05) is 0 Å². The molecule has 0 aliphatic rings. The maximum atomic E-state index is 3.98. The summed E-state index contributed by atoms with van der Waals surface area (Å²) in [4.78, 5) is 0. The third kappa shape index (κ3) is 3.78. The van der Waals surface area contributed by atoms with Gasteiger partial charge >= 0.3 is 196 Å². The Kier molecular flexibility index (Phi) is 5.81. The molecule has 150 valence electrons. The van der Waals surface area contributed by atoms with Crippen LogP contribution in [0.4, 0.5) is 0 Å². The van der Waals surface area contributed by atoms with Gasteiger partial charge in [-0.3, -0.25) is 0 Å². The molecule has 0 amide bonds. The van der Waals surface area contributed by atoms with Crippen molar-refractivity contribution < 1.29 is 0 Å². The van der Waals surface area contributed by atoms with Gasteiger partial charge in [-0.05, 0) is 0 Å². The summed E-state index contributed by atoms with van der Waals surface area (Å²) >= 11 is 1.19. The average molecular weight is 526 g/mol. The molecule has 0 saturated heterocycles. The van der Waals surface area contributed by atoms with Crippen molar-refractivity contribution in [2.75, 3.05) is 0 Å². The van der Waals surface area contributed by atoms with Crippen LogP contribution < -0.4 is 13.1 Å². The molecule has 0 nitrogen and oxygen atoms in total. The maximum absolute atomic E-state index is 3.98. The molecule has 0 aromatic heterocycles. The van der Waals surface area contributed by atoms with Gasteiger partial charge in [-0.2, -0.15) is 0 Å². The predicted octanol–water partition coefficient (Wildman–Crippen LogP) is 5.85. The molecule has 0 aliphatic carbocycles. The zero-order valence-corrected chi connectivity index (χ0v) is 20.6. The molecule has 0 fully saturated rings. The average Bonchev–Trinajstić information content (AvgIpc) is 2.86. The summed E-state index contributed by atoms with van der Waals surface area (Å²) in [5, 5.41) is 3.58. The van der Waals surface area contributed by atoms with Crippen molar-refractivity contribution in [1.82, 2.24) is 0 Å². The van der Waals surface area contributed by atoms with Gasteiger partial charge in [0, 0.05) is 0 Å². The first-order chi connectivity index (χ1) is 15.3. The van der Waals surface area contributed by atoms with Crippen molar-refractivity contribution in [1.29, 1.82) is 0 Å². The van der Waals surface area contributed by atoms with Crippen molar-refractivity contribution in [2.45, 2.75) is 5.21 Å². The molecule has 5 rings (SSSR count). The van der Waals surface area contributed by atoms with Crippen LogP contribution in [-0.4, -0.2) is 13.6 Å². The Hall–Kier alpha value is -2.60. The Bertz CT molecular complexity index is 1200. The molecule has 0 spiro atoms. The second-order valence-electron chi connectivity index (χ2n) is 7.73. The molecule has 0 N–H and O–H groups in total. The fraction of sp³-hybridized carbons (Fsp3) is 0.0345. The summed E-state index contributed by atoms with van der Waals surface area (Å²) in [5.41, 5.74) is 1.38. The molecule has 0 bridgehead atoms. The fourth-order valence-electron chi connectivity index (χ4n) is 4.42. The van der Waals surface area contributed by atoms with Gasteiger partial charge in [0.2, 0.25) is 0 Å². The van der Waals surface area contributed by atoms with E-state index < -0.39 is 13.6 Å². The van der Waals surface area contributed by atoms with Crippen LogP contribution in [0.5, 0.6) is 0 Å². The van der Waals surface area contributed by atoms with Gasteiger partial charge in [0.1, 0.15) is 0 Å². The first-order valence-electron chi connectivity index (χ1n) is 10.5. The molecular weight excluding hydrogens is 503 g/mol. The van der Waals surface area contributed by atoms with Crippen molar-refractivity contribution >= 4 is 53.3 Å². The standard InChI is InChI=1S/C29H23AsBr/c31-29-24(21-20-23-12-10-11-19-28(23)29)22-30(25-13-4-1-5-14-25,26-15-6-2-7-16-26)27-17-8-3-9-18-27/h1-21H,22H2/q+1. The Balaban J connectivity index is 1.80. The molecule has 5 aromatic carbocycles. The first kappa shape index (κ1) is 20.3.